The Hall–Kier alpha value is -0.540. The monoisotopic (exact) mass is 355 g/mol. The molecule has 0 aliphatic heterocycles. The predicted molar refractivity (Wildman–Crippen MR) is 94.9 cm³/mol. The van der Waals surface area contributed by atoms with Gasteiger partial charge >= 0.3 is 0 Å². The Labute approximate surface area is 138 Å². The first-order chi connectivity index (χ1) is 10.1. The molecule has 1 rings (SSSR count). The summed E-state index contributed by atoms with van der Waals surface area (Å²) in [6, 6.07) is 6.37. The van der Waals surface area contributed by atoms with E-state index < -0.39 is 0 Å². The second-order valence-electron chi connectivity index (χ2n) is 6.05. The summed E-state index contributed by atoms with van der Waals surface area (Å²) >= 11 is 3.61. The van der Waals surface area contributed by atoms with E-state index in [2.05, 4.69) is 60.2 Å². The summed E-state index contributed by atoms with van der Waals surface area (Å²) in [6.45, 7) is 9.46. The minimum atomic E-state index is 0.684. The van der Waals surface area contributed by atoms with Crippen LogP contribution >= 0.6 is 15.9 Å². The van der Waals surface area contributed by atoms with Gasteiger partial charge in [-0.2, -0.15) is 0 Å². The Morgan fingerprint density at radius 2 is 1.90 bits per heavy atom. The first-order valence-electron chi connectivity index (χ1n) is 8.25. The van der Waals surface area contributed by atoms with Gasteiger partial charge in [-0.05, 0) is 52.5 Å². The van der Waals surface area contributed by atoms with E-state index in [1.165, 1.54) is 31.2 Å². The number of benzene rings is 1. The van der Waals surface area contributed by atoms with Crippen molar-refractivity contribution in [3.05, 3.63) is 28.2 Å². The molecule has 0 radical (unpaired) electrons. The van der Waals surface area contributed by atoms with Gasteiger partial charge in [0.15, 0.2) is 0 Å². The van der Waals surface area contributed by atoms with Crippen molar-refractivity contribution in [3.8, 4) is 5.75 Å². The van der Waals surface area contributed by atoms with Crippen molar-refractivity contribution in [1.29, 1.82) is 0 Å². The van der Waals surface area contributed by atoms with Crippen LogP contribution in [0.2, 0.25) is 0 Å². The van der Waals surface area contributed by atoms with Gasteiger partial charge in [-0.15, -0.1) is 0 Å². The van der Waals surface area contributed by atoms with E-state index >= 15 is 0 Å². The zero-order valence-electron chi connectivity index (χ0n) is 13.8. The van der Waals surface area contributed by atoms with Crippen LogP contribution in [0.15, 0.2) is 22.7 Å². The maximum absolute atomic E-state index is 5.85. The molecule has 3 heteroatoms. The fraction of sp³-hybridized carbons (Fsp3) is 0.667. The Balaban J connectivity index is 2.29. The van der Waals surface area contributed by atoms with E-state index in [-0.39, 0.29) is 0 Å². The lowest BCUT2D eigenvalue weighted by molar-refractivity contribution is 0.302. The minimum absolute atomic E-state index is 0.684. The summed E-state index contributed by atoms with van der Waals surface area (Å²) in [5.74, 6) is 1.64. The molecule has 0 heterocycles. The predicted octanol–water partition coefficient (Wildman–Crippen LogP) is 5.54. The molecule has 1 aromatic carbocycles. The van der Waals surface area contributed by atoms with Crippen molar-refractivity contribution in [2.75, 3.05) is 13.2 Å². The van der Waals surface area contributed by atoms with Crippen molar-refractivity contribution in [1.82, 2.24) is 5.32 Å². The van der Waals surface area contributed by atoms with E-state index in [4.69, 9.17) is 4.74 Å². The molecule has 21 heavy (non-hydrogen) atoms. The molecule has 1 N–H and O–H groups in total. The molecule has 0 aliphatic rings. The van der Waals surface area contributed by atoms with Crippen molar-refractivity contribution >= 4 is 15.9 Å². The first kappa shape index (κ1) is 18.5. The van der Waals surface area contributed by atoms with E-state index in [0.717, 1.165) is 36.3 Å². The van der Waals surface area contributed by atoms with Gasteiger partial charge in [-0.25, -0.2) is 0 Å². The van der Waals surface area contributed by atoms with Gasteiger partial charge < -0.3 is 10.1 Å². The lowest BCUT2D eigenvalue weighted by atomic mass is 10.1. The molecule has 0 amide bonds. The molecule has 2 nitrogen and oxygen atoms in total. The highest BCUT2D eigenvalue weighted by molar-refractivity contribution is 9.10. The van der Waals surface area contributed by atoms with Crippen molar-refractivity contribution in [2.45, 2.75) is 59.4 Å². The molecule has 0 unspecified atom stereocenters. The summed E-state index contributed by atoms with van der Waals surface area (Å²) in [5.41, 5.74) is 1.29. The topological polar surface area (TPSA) is 21.3 Å². The van der Waals surface area contributed by atoms with Crippen molar-refractivity contribution in [2.24, 2.45) is 5.92 Å². The smallest absolute Gasteiger partial charge is 0.133 e. The van der Waals surface area contributed by atoms with Crippen molar-refractivity contribution in [3.63, 3.8) is 0 Å². The third kappa shape index (κ3) is 8.47. The number of rotatable bonds is 11. The van der Waals surface area contributed by atoms with Crippen LogP contribution in [-0.4, -0.2) is 13.2 Å². The molecular weight excluding hydrogens is 326 g/mol. The number of hydrogen-bond acceptors (Lipinski definition) is 2. The standard InChI is InChI=1S/C18H30BrNO/c1-4-5-6-7-8-11-21-18-10-9-16(12-17(18)19)14-20-13-15(2)3/h9-10,12,15,20H,4-8,11,13-14H2,1-3H3. The minimum Gasteiger partial charge on any atom is -0.492 e. The first-order valence-corrected chi connectivity index (χ1v) is 9.04. The fourth-order valence-corrected chi connectivity index (χ4v) is 2.70. The zero-order chi connectivity index (χ0) is 15.5. The fourth-order valence-electron chi connectivity index (χ4n) is 2.16. The molecule has 0 spiro atoms. The molecule has 1 aromatic rings. The average molecular weight is 356 g/mol. The molecule has 0 saturated carbocycles. The number of unbranched alkanes of at least 4 members (excludes halogenated alkanes) is 4. The quantitative estimate of drug-likeness (QED) is 0.525. The van der Waals surface area contributed by atoms with Crippen molar-refractivity contribution < 1.29 is 4.74 Å². The molecule has 0 aromatic heterocycles. The summed E-state index contributed by atoms with van der Waals surface area (Å²) < 4.78 is 6.90. The number of hydrogen-bond donors (Lipinski definition) is 1. The van der Waals surface area contributed by atoms with Crippen LogP contribution in [0, 0.1) is 5.92 Å². The zero-order valence-corrected chi connectivity index (χ0v) is 15.3. The molecule has 0 aliphatic carbocycles. The third-order valence-electron chi connectivity index (χ3n) is 3.38. The molecule has 120 valence electrons. The number of nitrogens with one attached hydrogen (secondary N) is 1. The van der Waals surface area contributed by atoms with Crippen LogP contribution in [0.4, 0.5) is 0 Å². The van der Waals surface area contributed by atoms with Gasteiger partial charge in [0, 0.05) is 6.54 Å². The largest absolute Gasteiger partial charge is 0.492 e. The highest BCUT2D eigenvalue weighted by atomic mass is 79.9. The van der Waals surface area contributed by atoms with Gasteiger partial charge in [-0.1, -0.05) is 52.5 Å². The number of halogens is 1. The highest BCUT2D eigenvalue weighted by Gasteiger charge is 2.03. The Kier molecular flexibility index (Phi) is 9.77. The lowest BCUT2D eigenvalue weighted by Gasteiger charge is -2.11. The van der Waals surface area contributed by atoms with Gasteiger partial charge in [0.05, 0.1) is 11.1 Å². The van der Waals surface area contributed by atoms with Crippen LogP contribution in [0.5, 0.6) is 5.75 Å². The van der Waals surface area contributed by atoms with Crippen LogP contribution in [0.1, 0.15) is 58.4 Å². The summed E-state index contributed by atoms with van der Waals surface area (Å²) in [5, 5.41) is 3.46. The highest BCUT2D eigenvalue weighted by Crippen LogP contribution is 2.26. The van der Waals surface area contributed by atoms with Crippen LogP contribution in [0.25, 0.3) is 0 Å². The van der Waals surface area contributed by atoms with Crippen LogP contribution < -0.4 is 10.1 Å². The maximum atomic E-state index is 5.85. The van der Waals surface area contributed by atoms with E-state index in [9.17, 15) is 0 Å². The van der Waals surface area contributed by atoms with Gasteiger partial charge in [0.25, 0.3) is 0 Å². The Bertz CT molecular complexity index is 393. The van der Waals surface area contributed by atoms with Gasteiger partial charge in [-0.3, -0.25) is 0 Å². The van der Waals surface area contributed by atoms with Gasteiger partial charge in [0.1, 0.15) is 5.75 Å². The lowest BCUT2D eigenvalue weighted by Crippen LogP contribution is -2.18. The third-order valence-corrected chi connectivity index (χ3v) is 4.00. The van der Waals surface area contributed by atoms with E-state index in [1.807, 2.05) is 0 Å². The Morgan fingerprint density at radius 3 is 2.57 bits per heavy atom. The molecule has 0 saturated heterocycles. The van der Waals surface area contributed by atoms with E-state index in [1.54, 1.807) is 0 Å². The number of ether oxygens (including phenoxy) is 1. The maximum Gasteiger partial charge on any atom is 0.133 e. The average Bonchev–Trinajstić information content (AvgIpc) is 2.44. The molecule has 0 atom stereocenters. The second kappa shape index (κ2) is 11.1. The molecule has 0 fully saturated rings. The Morgan fingerprint density at radius 1 is 1.14 bits per heavy atom. The normalized spacial score (nSPS) is 11.1. The summed E-state index contributed by atoms with van der Waals surface area (Å²) in [6.07, 6.45) is 6.36. The van der Waals surface area contributed by atoms with Gasteiger partial charge in [0.2, 0.25) is 0 Å². The van der Waals surface area contributed by atoms with Crippen LogP contribution in [-0.2, 0) is 6.54 Å². The molecular formula is C18H30BrNO. The van der Waals surface area contributed by atoms with Crippen LogP contribution in [0.3, 0.4) is 0 Å². The SMILES string of the molecule is CCCCCCCOc1ccc(CNCC(C)C)cc1Br. The second-order valence-corrected chi connectivity index (χ2v) is 6.91. The summed E-state index contributed by atoms with van der Waals surface area (Å²) in [4.78, 5) is 0. The molecule has 0 bridgehead atoms. The van der Waals surface area contributed by atoms with E-state index in [0.29, 0.717) is 5.92 Å². The summed E-state index contributed by atoms with van der Waals surface area (Å²) in [7, 11) is 0.